The molecule has 1 aliphatic rings. The van der Waals surface area contributed by atoms with E-state index in [1.165, 1.54) is 0 Å². The third-order valence-corrected chi connectivity index (χ3v) is 5.33. The number of rotatable bonds is 10. The fourth-order valence-corrected chi connectivity index (χ4v) is 3.62. The standard InChI is InChI=1S/C25H32N2O4/c1-5-14-31-23-13-10-20(16-24(23)29-4)25(28)27(18-22-7-6-15-30-22)17-19-8-11-21(12-9-19)26(2)3/h5,8-13,16,22H,1,6-7,14-15,17-18H2,2-4H3. The van der Waals surface area contributed by atoms with Crippen molar-refractivity contribution in [2.24, 2.45) is 0 Å². The van der Waals surface area contributed by atoms with E-state index in [9.17, 15) is 4.79 Å². The summed E-state index contributed by atoms with van der Waals surface area (Å²) < 4.78 is 16.9. The number of amides is 1. The van der Waals surface area contributed by atoms with E-state index in [-0.39, 0.29) is 12.0 Å². The fraction of sp³-hybridized carbons (Fsp3) is 0.400. The average molecular weight is 425 g/mol. The minimum Gasteiger partial charge on any atom is -0.493 e. The largest absolute Gasteiger partial charge is 0.493 e. The lowest BCUT2D eigenvalue weighted by Gasteiger charge is -2.26. The second-order valence-electron chi connectivity index (χ2n) is 7.85. The molecule has 0 N–H and O–H groups in total. The summed E-state index contributed by atoms with van der Waals surface area (Å²) in [5.74, 6) is 1.06. The summed E-state index contributed by atoms with van der Waals surface area (Å²) in [6.07, 6.45) is 3.75. The zero-order valence-electron chi connectivity index (χ0n) is 18.7. The molecule has 1 fully saturated rings. The van der Waals surface area contributed by atoms with Gasteiger partial charge in [-0.15, -0.1) is 0 Å². The van der Waals surface area contributed by atoms with Gasteiger partial charge in [0.2, 0.25) is 0 Å². The summed E-state index contributed by atoms with van der Waals surface area (Å²) in [4.78, 5) is 17.4. The molecule has 0 aliphatic carbocycles. The van der Waals surface area contributed by atoms with Gasteiger partial charge in [-0.25, -0.2) is 0 Å². The minimum atomic E-state index is -0.0549. The highest BCUT2D eigenvalue weighted by Gasteiger charge is 2.24. The highest BCUT2D eigenvalue weighted by atomic mass is 16.5. The normalized spacial score (nSPS) is 15.4. The van der Waals surface area contributed by atoms with Crippen LogP contribution in [0.2, 0.25) is 0 Å². The van der Waals surface area contributed by atoms with Crippen molar-refractivity contribution in [2.75, 3.05) is 45.9 Å². The number of methoxy groups -OCH3 is 1. The Balaban J connectivity index is 1.82. The second kappa shape index (κ2) is 10.9. The molecule has 0 bridgehead atoms. The maximum atomic E-state index is 13.5. The van der Waals surface area contributed by atoms with Gasteiger partial charge in [-0.2, -0.15) is 0 Å². The molecule has 6 heteroatoms. The Morgan fingerprint density at radius 3 is 2.58 bits per heavy atom. The molecule has 3 rings (SSSR count). The molecule has 31 heavy (non-hydrogen) atoms. The van der Waals surface area contributed by atoms with Crippen LogP contribution >= 0.6 is 0 Å². The Kier molecular flexibility index (Phi) is 7.95. The van der Waals surface area contributed by atoms with Gasteiger partial charge in [0.15, 0.2) is 11.5 Å². The van der Waals surface area contributed by atoms with Crippen LogP contribution in [0.15, 0.2) is 55.1 Å². The lowest BCUT2D eigenvalue weighted by Crippen LogP contribution is -2.37. The number of carbonyl (C=O) groups excluding carboxylic acids is 1. The van der Waals surface area contributed by atoms with E-state index in [4.69, 9.17) is 14.2 Å². The summed E-state index contributed by atoms with van der Waals surface area (Å²) >= 11 is 0. The maximum Gasteiger partial charge on any atom is 0.254 e. The first kappa shape index (κ1) is 22.7. The van der Waals surface area contributed by atoms with Crippen molar-refractivity contribution < 1.29 is 19.0 Å². The summed E-state index contributed by atoms with van der Waals surface area (Å²) in [7, 11) is 5.59. The first-order valence-corrected chi connectivity index (χ1v) is 10.6. The topological polar surface area (TPSA) is 51.2 Å². The molecule has 1 amide bonds. The summed E-state index contributed by atoms with van der Waals surface area (Å²) in [6.45, 7) is 5.87. The number of anilines is 1. The molecule has 0 aromatic heterocycles. The van der Waals surface area contributed by atoms with Gasteiger partial charge in [0.05, 0.1) is 13.2 Å². The van der Waals surface area contributed by atoms with E-state index >= 15 is 0 Å². The molecule has 1 unspecified atom stereocenters. The molecule has 1 heterocycles. The molecule has 1 atom stereocenters. The van der Waals surface area contributed by atoms with Crippen LogP contribution in [0.1, 0.15) is 28.8 Å². The number of hydrogen-bond acceptors (Lipinski definition) is 5. The predicted octanol–water partition coefficient (Wildman–Crippen LogP) is 4.15. The van der Waals surface area contributed by atoms with Crippen LogP contribution in [0.3, 0.4) is 0 Å². The third-order valence-electron chi connectivity index (χ3n) is 5.33. The molecule has 0 spiro atoms. The fourth-order valence-electron chi connectivity index (χ4n) is 3.62. The Bertz CT molecular complexity index is 874. The summed E-state index contributed by atoms with van der Waals surface area (Å²) in [6, 6.07) is 13.6. The smallest absolute Gasteiger partial charge is 0.254 e. The Hall–Kier alpha value is -2.99. The van der Waals surface area contributed by atoms with Gasteiger partial charge in [0, 0.05) is 45.0 Å². The molecule has 1 saturated heterocycles. The van der Waals surface area contributed by atoms with E-state index in [2.05, 4.69) is 35.7 Å². The molecular weight excluding hydrogens is 392 g/mol. The quantitative estimate of drug-likeness (QED) is 0.537. The monoisotopic (exact) mass is 424 g/mol. The van der Waals surface area contributed by atoms with Gasteiger partial charge < -0.3 is 24.0 Å². The highest BCUT2D eigenvalue weighted by molar-refractivity contribution is 5.95. The Morgan fingerprint density at radius 1 is 1.19 bits per heavy atom. The van der Waals surface area contributed by atoms with Gasteiger partial charge >= 0.3 is 0 Å². The summed E-state index contributed by atoms with van der Waals surface area (Å²) in [5, 5.41) is 0. The van der Waals surface area contributed by atoms with E-state index < -0.39 is 0 Å². The lowest BCUT2D eigenvalue weighted by molar-refractivity contribution is 0.0507. The summed E-state index contributed by atoms with van der Waals surface area (Å²) in [5.41, 5.74) is 2.76. The van der Waals surface area contributed by atoms with E-state index in [0.717, 1.165) is 30.7 Å². The Morgan fingerprint density at radius 2 is 1.97 bits per heavy atom. The van der Waals surface area contributed by atoms with Crippen LogP contribution in [-0.2, 0) is 11.3 Å². The first-order chi connectivity index (χ1) is 15.0. The van der Waals surface area contributed by atoms with Crippen LogP contribution in [0.4, 0.5) is 5.69 Å². The van der Waals surface area contributed by atoms with E-state index in [0.29, 0.717) is 36.8 Å². The van der Waals surface area contributed by atoms with Crippen molar-refractivity contribution in [3.8, 4) is 11.5 Å². The molecule has 0 saturated carbocycles. The Labute approximate surface area is 185 Å². The van der Waals surface area contributed by atoms with Gasteiger partial charge in [0.1, 0.15) is 6.61 Å². The van der Waals surface area contributed by atoms with E-state index in [1.54, 1.807) is 31.4 Å². The molecular formula is C25H32N2O4. The molecule has 1 aliphatic heterocycles. The van der Waals surface area contributed by atoms with Gasteiger partial charge in [-0.1, -0.05) is 24.8 Å². The van der Waals surface area contributed by atoms with Crippen LogP contribution in [0.5, 0.6) is 11.5 Å². The van der Waals surface area contributed by atoms with Crippen LogP contribution in [-0.4, -0.2) is 57.9 Å². The minimum absolute atomic E-state index is 0.0549. The zero-order valence-corrected chi connectivity index (χ0v) is 18.7. The van der Waals surface area contributed by atoms with Gasteiger partial charge in [-0.05, 0) is 48.7 Å². The van der Waals surface area contributed by atoms with Gasteiger partial charge in [0.25, 0.3) is 5.91 Å². The number of carbonyl (C=O) groups is 1. The van der Waals surface area contributed by atoms with Crippen molar-refractivity contribution in [2.45, 2.75) is 25.5 Å². The SMILES string of the molecule is C=CCOc1ccc(C(=O)N(Cc2ccc(N(C)C)cc2)CC2CCCO2)cc1OC. The lowest BCUT2D eigenvalue weighted by atomic mass is 10.1. The second-order valence-corrected chi connectivity index (χ2v) is 7.85. The molecule has 166 valence electrons. The molecule has 6 nitrogen and oxygen atoms in total. The highest BCUT2D eigenvalue weighted by Crippen LogP contribution is 2.29. The average Bonchev–Trinajstić information content (AvgIpc) is 3.30. The molecule has 2 aromatic carbocycles. The predicted molar refractivity (Wildman–Crippen MR) is 123 cm³/mol. The van der Waals surface area contributed by atoms with Gasteiger partial charge in [-0.3, -0.25) is 4.79 Å². The number of benzene rings is 2. The van der Waals surface area contributed by atoms with Crippen LogP contribution < -0.4 is 14.4 Å². The number of ether oxygens (including phenoxy) is 3. The molecule has 2 aromatic rings. The molecule has 0 radical (unpaired) electrons. The van der Waals surface area contributed by atoms with Crippen molar-refractivity contribution in [1.82, 2.24) is 4.90 Å². The maximum absolute atomic E-state index is 13.5. The number of hydrogen-bond donors (Lipinski definition) is 0. The number of nitrogens with zero attached hydrogens (tertiary/aromatic N) is 2. The van der Waals surface area contributed by atoms with Crippen LogP contribution in [0.25, 0.3) is 0 Å². The first-order valence-electron chi connectivity index (χ1n) is 10.6. The van der Waals surface area contributed by atoms with E-state index in [1.807, 2.05) is 19.0 Å². The van der Waals surface area contributed by atoms with Crippen molar-refractivity contribution >= 4 is 11.6 Å². The van der Waals surface area contributed by atoms with Crippen molar-refractivity contribution in [1.29, 1.82) is 0 Å². The van der Waals surface area contributed by atoms with Crippen LogP contribution in [0, 0.1) is 0 Å². The zero-order chi connectivity index (χ0) is 22.2. The van der Waals surface area contributed by atoms with Crippen molar-refractivity contribution in [3.63, 3.8) is 0 Å². The third kappa shape index (κ3) is 6.01. The van der Waals surface area contributed by atoms with Crippen molar-refractivity contribution in [3.05, 3.63) is 66.2 Å².